The Balaban J connectivity index is 1.66. The zero-order valence-corrected chi connectivity index (χ0v) is 14.5. The van der Waals surface area contributed by atoms with E-state index in [1.807, 2.05) is 30.0 Å². The topological polar surface area (TPSA) is 71.0 Å². The van der Waals surface area contributed by atoms with Gasteiger partial charge in [-0.05, 0) is 49.8 Å². The number of carbonyl (C=O) groups is 1. The predicted molar refractivity (Wildman–Crippen MR) is 97.5 cm³/mol. The first-order chi connectivity index (χ1) is 12.2. The molecule has 0 spiro atoms. The highest BCUT2D eigenvalue weighted by molar-refractivity contribution is 5.87. The monoisotopic (exact) mass is 337 g/mol. The zero-order chi connectivity index (χ0) is 17.6. The van der Waals surface area contributed by atoms with Gasteiger partial charge in [-0.3, -0.25) is 4.79 Å². The second kappa shape index (κ2) is 7.88. The van der Waals surface area contributed by atoms with E-state index in [0.717, 1.165) is 55.2 Å². The second-order valence-corrected chi connectivity index (χ2v) is 6.39. The van der Waals surface area contributed by atoms with Crippen LogP contribution in [0.4, 0.5) is 11.6 Å². The standard InChI is InChI=1S/C19H23N5O/c1-3-18(25)24-9-5-7-15(12-24)10-16-11-17(22-13-21-16)23-19-14(2)6-4-8-20-19/h3-4,6,8,11,13,15H,1,5,7,9-10,12H2,2H3,(H,20,21,22,23)/t15-/m1/s1. The van der Waals surface area contributed by atoms with Gasteiger partial charge in [-0.1, -0.05) is 12.6 Å². The molecule has 0 bridgehead atoms. The smallest absolute Gasteiger partial charge is 0.245 e. The number of amides is 1. The highest BCUT2D eigenvalue weighted by atomic mass is 16.2. The third kappa shape index (κ3) is 4.41. The van der Waals surface area contributed by atoms with Crippen molar-refractivity contribution in [2.75, 3.05) is 18.4 Å². The maximum atomic E-state index is 11.8. The Hall–Kier alpha value is -2.76. The normalized spacial score (nSPS) is 17.2. The van der Waals surface area contributed by atoms with Gasteiger partial charge in [0.25, 0.3) is 0 Å². The van der Waals surface area contributed by atoms with Crippen LogP contribution in [0, 0.1) is 12.8 Å². The fourth-order valence-electron chi connectivity index (χ4n) is 3.17. The summed E-state index contributed by atoms with van der Waals surface area (Å²) < 4.78 is 0. The summed E-state index contributed by atoms with van der Waals surface area (Å²) in [5, 5.41) is 3.25. The number of anilines is 2. The Morgan fingerprint density at radius 3 is 3.12 bits per heavy atom. The Bertz CT molecular complexity index is 761. The van der Waals surface area contributed by atoms with Crippen molar-refractivity contribution >= 4 is 17.5 Å². The van der Waals surface area contributed by atoms with Crippen molar-refractivity contribution in [3.63, 3.8) is 0 Å². The van der Waals surface area contributed by atoms with Crippen LogP contribution in [-0.4, -0.2) is 38.8 Å². The number of aromatic nitrogens is 3. The van der Waals surface area contributed by atoms with Crippen LogP contribution in [-0.2, 0) is 11.2 Å². The molecule has 130 valence electrons. The largest absolute Gasteiger partial charge is 0.339 e. The maximum Gasteiger partial charge on any atom is 0.245 e. The lowest BCUT2D eigenvalue weighted by Crippen LogP contribution is -2.39. The number of carbonyl (C=O) groups excluding carboxylic acids is 1. The molecule has 6 heteroatoms. The molecule has 3 heterocycles. The first kappa shape index (κ1) is 17.1. The molecule has 0 aliphatic carbocycles. The lowest BCUT2D eigenvalue weighted by atomic mass is 9.93. The number of hydrogen-bond donors (Lipinski definition) is 1. The molecule has 1 aliphatic rings. The number of hydrogen-bond acceptors (Lipinski definition) is 5. The molecule has 1 atom stereocenters. The third-order valence-corrected chi connectivity index (χ3v) is 4.48. The summed E-state index contributed by atoms with van der Waals surface area (Å²) in [7, 11) is 0. The minimum Gasteiger partial charge on any atom is -0.339 e. The summed E-state index contributed by atoms with van der Waals surface area (Å²) in [6.07, 6.45) is 7.68. The van der Waals surface area contributed by atoms with E-state index in [1.165, 1.54) is 6.08 Å². The number of nitrogens with zero attached hydrogens (tertiary/aromatic N) is 4. The van der Waals surface area contributed by atoms with Crippen LogP contribution in [0.5, 0.6) is 0 Å². The lowest BCUT2D eigenvalue weighted by Gasteiger charge is -2.32. The molecule has 1 aliphatic heterocycles. The molecule has 1 fully saturated rings. The summed E-state index contributed by atoms with van der Waals surface area (Å²) >= 11 is 0. The van der Waals surface area contributed by atoms with E-state index in [2.05, 4.69) is 26.8 Å². The number of aryl methyl sites for hydroxylation is 1. The molecular weight excluding hydrogens is 314 g/mol. The van der Waals surface area contributed by atoms with Gasteiger partial charge in [0.05, 0.1) is 0 Å². The van der Waals surface area contributed by atoms with Gasteiger partial charge in [-0.2, -0.15) is 0 Å². The van der Waals surface area contributed by atoms with E-state index in [1.54, 1.807) is 12.5 Å². The van der Waals surface area contributed by atoms with Gasteiger partial charge in [0.15, 0.2) is 0 Å². The van der Waals surface area contributed by atoms with Crippen LogP contribution < -0.4 is 5.32 Å². The average Bonchev–Trinajstić information content (AvgIpc) is 2.63. The minimum absolute atomic E-state index is 0.0142. The van der Waals surface area contributed by atoms with Crippen LogP contribution in [0.15, 0.2) is 43.4 Å². The first-order valence-electron chi connectivity index (χ1n) is 8.56. The maximum absolute atomic E-state index is 11.8. The fraction of sp³-hybridized carbons (Fsp3) is 0.368. The van der Waals surface area contributed by atoms with Gasteiger partial charge in [0, 0.05) is 31.0 Å². The average molecular weight is 337 g/mol. The number of likely N-dealkylation sites (tertiary alicyclic amines) is 1. The van der Waals surface area contributed by atoms with Crippen molar-refractivity contribution < 1.29 is 4.79 Å². The Labute approximate surface area is 148 Å². The van der Waals surface area contributed by atoms with Crippen molar-refractivity contribution in [1.29, 1.82) is 0 Å². The molecule has 1 N–H and O–H groups in total. The van der Waals surface area contributed by atoms with Crippen LogP contribution in [0.2, 0.25) is 0 Å². The van der Waals surface area contributed by atoms with Crippen LogP contribution in [0.25, 0.3) is 0 Å². The molecule has 3 rings (SSSR count). The molecule has 6 nitrogen and oxygen atoms in total. The Morgan fingerprint density at radius 2 is 2.32 bits per heavy atom. The number of piperidine rings is 1. The van der Waals surface area contributed by atoms with Crippen molar-refractivity contribution in [1.82, 2.24) is 19.9 Å². The van der Waals surface area contributed by atoms with Gasteiger partial charge in [-0.25, -0.2) is 15.0 Å². The van der Waals surface area contributed by atoms with Crippen LogP contribution in [0.3, 0.4) is 0 Å². The van der Waals surface area contributed by atoms with Crippen LogP contribution in [0.1, 0.15) is 24.1 Å². The molecule has 25 heavy (non-hydrogen) atoms. The second-order valence-electron chi connectivity index (χ2n) is 6.39. The zero-order valence-electron chi connectivity index (χ0n) is 14.5. The fourth-order valence-corrected chi connectivity index (χ4v) is 3.17. The first-order valence-corrected chi connectivity index (χ1v) is 8.56. The molecule has 2 aromatic rings. The Morgan fingerprint density at radius 1 is 1.44 bits per heavy atom. The quantitative estimate of drug-likeness (QED) is 0.850. The SMILES string of the molecule is C=CC(=O)N1CCC[C@H](Cc2cc(Nc3ncccc3C)ncn2)C1. The van der Waals surface area contributed by atoms with Gasteiger partial charge in [0.2, 0.25) is 5.91 Å². The summed E-state index contributed by atoms with van der Waals surface area (Å²) in [5.74, 6) is 1.96. The van der Waals surface area contributed by atoms with Gasteiger partial charge in [0.1, 0.15) is 18.0 Å². The van der Waals surface area contributed by atoms with E-state index < -0.39 is 0 Å². The van der Waals surface area contributed by atoms with E-state index in [0.29, 0.717) is 5.92 Å². The summed E-state index contributed by atoms with van der Waals surface area (Å²) in [6, 6.07) is 5.87. The van der Waals surface area contributed by atoms with E-state index >= 15 is 0 Å². The summed E-state index contributed by atoms with van der Waals surface area (Å²) in [6.45, 7) is 7.16. The van der Waals surface area contributed by atoms with Gasteiger partial charge in [-0.15, -0.1) is 0 Å². The molecule has 0 radical (unpaired) electrons. The van der Waals surface area contributed by atoms with Crippen molar-refractivity contribution in [2.24, 2.45) is 5.92 Å². The van der Waals surface area contributed by atoms with Gasteiger partial charge < -0.3 is 10.2 Å². The van der Waals surface area contributed by atoms with E-state index in [-0.39, 0.29) is 5.91 Å². The summed E-state index contributed by atoms with van der Waals surface area (Å²) in [5.41, 5.74) is 2.04. The molecule has 0 aromatic carbocycles. The highest BCUT2D eigenvalue weighted by Gasteiger charge is 2.22. The number of rotatable bonds is 5. The van der Waals surface area contributed by atoms with E-state index in [9.17, 15) is 4.79 Å². The van der Waals surface area contributed by atoms with Crippen molar-refractivity contribution in [3.8, 4) is 0 Å². The molecule has 2 aromatic heterocycles. The molecule has 0 saturated carbocycles. The molecule has 1 amide bonds. The predicted octanol–water partition coefficient (Wildman–Crippen LogP) is 2.89. The summed E-state index contributed by atoms with van der Waals surface area (Å²) in [4.78, 5) is 26.7. The van der Waals surface area contributed by atoms with E-state index in [4.69, 9.17) is 0 Å². The highest BCUT2D eigenvalue weighted by Crippen LogP contribution is 2.22. The molecule has 1 saturated heterocycles. The lowest BCUT2D eigenvalue weighted by molar-refractivity contribution is -0.127. The van der Waals surface area contributed by atoms with Crippen molar-refractivity contribution in [2.45, 2.75) is 26.2 Å². The molecular formula is C19H23N5O. The Kier molecular flexibility index (Phi) is 5.38. The molecule has 0 unspecified atom stereocenters. The van der Waals surface area contributed by atoms with Gasteiger partial charge >= 0.3 is 0 Å². The minimum atomic E-state index is 0.0142. The third-order valence-electron chi connectivity index (χ3n) is 4.48. The number of nitrogens with one attached hydrogen (secondary N) is 1. The number of pyridine rings is 1. The van der Waals surface area contributed by atoms with Crippen LogP contribution >= 0.6 is 0 Å². The van der Waals surface area contributed by atoms with Crippen molar-refractivity contribution in [3.05, 3.63) is 54.6 Å².